The predicted octanol–water partition coefficient (Wildman–Crippen LogP) is 3.02. The summed E-state index contributed by atoms with van der Waals surface area (Å²) in [6, 6.07) is 0. The summed E-state index contributed by atoms with van der Waals surface area (Å²) in [4.78, 5) is 12.1. The zero-order valence-corrected chi connectivity index (χ0v) is 12.1. The van der Waals surface area contributed by atoms with Crippen LogP contribution in [0.5, 0.6) is 0 Å². The van der Waals surface area contributed by atoms with Crippen molar-refractivity contribution in [3.05, 3.63) is 22.9 Å². The van der Waals surface area contributed by atoms with Crippen molar-refractivity contribution in [2.45, 2.75) is 52.1 Å². The van der Waals surface area contributed by atoms with E-state index in [0.29, 0.717) is 5.41 Å². The Morgan fingerprint density at radius 2 is 1.94 bits per heavy atom. The number of aromatic nitrogens is 2. The van der Waals surface area contributed by atoms with Gasteiger partial charge in [-0.1, -0.05) is 35.7 Å². The maximum absolute atomic E-state index is 12.1. The maximum Gasteiger partial charge on any atom is 0.328 e. The van der Waals surface area contributed by atoms with Crippen molar-refractivity contribution < 1.29 is 0 Å². The molecule has 1 fully saturated rings. The molecule has 1 aromatic rings. The Labute approximate surface area is 111 Å². The quantitative estimate of drug-likeness (QED) is 0.768. The molecule has 0 spiro atoms. The lowest BCUT2D eigenvalue weighted by atomic mass is 9.89. The van der Waals surface area contributed by atoms with E-state index in [1.165, 1.54) is 25.7 Å². The number of rotatable bonds is 5. The first kappa shape index (κ1) is 12.9. The van der Waals surface area contributed by atoms with E-state index in [-0.39, 0.29) is 5.69 Å². The van der Waals surface area contributed by atoms with Crippen molar-refractivity contribution in [3.63, 3.8) is 0 Å². The lowest BCUT2D eigenvalue weighted by Gasteiger charge is -2.26. The minimum Gasteiger partial charge on any atom is -0.299 e. The van der Waals surface area contributed by atoms with Crippen LogP contribution in [0.1, 0.15) is 39.0 Å². The fourth-order valence-corrected chi connectivity index (χ4v) is 3.54. The van der Waals surface area contributed by atoms with Gasteiger partial charge in [-0.15, -0.1) is 0 Å². The summed E-state index contributed by atoms with van der Waals surface area (Å²) < 4.78 is 3.71. The van der Waals surface area contributed by atoms with Gasteiger partial charge in [-0.2, -0.15) is 0 Å². The predicted molar refractivity (Wildman–Crippen MR) is 73.7 cm³/mol. The van der Waals surface area contributed by atoms with Crippen LogP contribution in [0.2, 0.25) is 0 Å². The zero-order chi connectivity index (χ0) is 12.3. The molecule has 0 atom stereocenters. The summed E-state index contributed by atoms with van der Waals surface area (Å²) in [5.41, 5.74) is 0.460. The molecule has 0 amide bonds. The molecule has 3 nitrogen and oxygen atoms in total. The van der Waals surface area contributed by atoms with E-state index in [1.807, 2.05) is 21.5 Å². The van der Waals surface area contributed by atoms with Gasteiger partial charge in [0.2, 0.25) is 0 Å². The van der Waals surface area contributed by atoms with E-state index >= 15 is 0 Å². The minimum absolute atomic E-state index is 0.152. The fourth-order valence-electron chi connectivity index (χ4n) is 2.81. The van der Waals surface area contributed by atoms with Crippen LogP contribution in [0.3, 0.4) is 0 Å². The van der Waals surface area contributed by atoms with Crippen LogP contribution < -0.4 is 5.69 Å². The molecule has 96 valence electrons. The lowest BCUT2D eigenvalue weighted by Crippen LogP contribution is -2.32. The Morgan fingerprint density at radius 3 is 2.53 bits per heavy atom. The van der Waals surface area contributed by atoms with E-state index in [2.05, 4.69) is 22.9 Å². The lowest BCUT2D eigenvalue weighted by molar-refractivity contribution is 0.287. The van der Waals surface area contributed by atoms with Gasteiger partial charge in [-0.3, -0.25) is 9.13 Å². The molecule has 1 saturated carbocycles. The number of aryl methyl sites for hydroxylation is 1. The van der Waals surface area contributed by atoms with Gasteiger partial charge in [-0.25, -0.2) is 4.79 Å². The molecule has 4 heteroatoms. The highest BCUT2D eigenvalue weighted by molar-refractivity contribution is 9.09. The molecule has 0 aromatic carbocycles. The first-order valence-corrected chi connectivity index (χ1v) is 7.64. The van der Waals surface area contributed by atoms with Crippen molar-refractivity contribution in [1.82, 2.24) is 9.13 Å². The largest absolute Gasteiger partial charge is 0.328 e. The Morgan fingerprint density at radius 1 is 1.29 bits per heavy atom. The molecule has 2 rings (SSSR count). The SMILES string of the molecule is CCCn1ccn(CC2(CBr)CCCC2)c1=O. The van der Waals surface area contributed by atoms with Crippen molar-refractivity contribution in [3.8, 4) is 0 Å². The van der Waals surface area contributed by atoms with Crippen molar-refractivity contribution in [1.29, 1.82) is 0 Å². The monoisotopic (exact) mass is 300 g/mol. The Bertz CT molecular complexity index is 415. The first-order valence-electron chi connectivity index (χ1n) is 6.52. The molecule has 1 aromatic heterocycles. The van der Waals surface area contributed by atoms with Gasteiger partial charge in [0.25, 0.3) is 0 Å². The molecule has 0 radical (unpaired) electrons. The van der Waals surface area contributed by atoms with Gasteiger partial charge < -0.3 is 0 Å². The van der Waals surface area contributed by atoms with Crippen molar-refractivity contribution in [2.75, 3.05) is 5.33 Å². The van der Waals surface area contributed by atoms with E-state index in [1.54, 1.807) is 0 Å². The number of nitrogens with zero attached hydrogens (tertiary/aromatic N) is 2. The van der Waals surface area contributed by atoms with Crippen LogP contribution in [0, 0.1) is 5.41 Å². The standard InChI is InChI=1S/C13H21BrN2O/c1-2-7-15-8-9-16(12(15)17)11-13(10-14)5-3-4-6-13/h8-9H,2-7,10-11H2,1H3. The molecule has 0 unspecified atom stereocenters. The van der Waals surface area contributed by atoms with E-state index < -0.39 is 0 Å². The number of alkyl halides is 1. The smallest absolute Gasteiger partial charge is 0.299 e. The van der Waals surface area contributed by atoms with Crippen LogP contribution in [-0.4, -0.2) is 14.5 Å². The maximum atomic E-state index is 12.1. The number of imidazole rings is 1. The summed E-state index contributed by atoms with van der Waals surface area (Å²) in [5, 5.41) is 1.01. The summed E-state index contributed by atoms with van der Waals surface area (Å²) in [5.74, 6) is 0. The molecule has 0 N–H and O–H groups in total. The third-order valence-corrected chi connectivity index (χ3v) is 5.03. The summed E-state index contributed by atoms with van der Waals surface area (Å²) in [6.07, 6.45) is 9.95. The molecular weight excluding hydrogens is 280 g/mol. The van der Waals surface area contributed by atoms with Crippen LogP contribution >= 0.6 is 15.9 Å². The molecule has 0 aliphatic heterocycles. The fraction of sp³-hybridized carbons (Fsp3) is 0.769. The Hall–Kier alpha value is -0.510. The normalized spacial score (nSPS) is 18.7. The molecule has 0 bridgehead atoms. The van der Waals surface area contributed by atoms with Crippen LogP contribution in [0.4, 0.5) is 0 Å². The van der Waals surface area contributed by atoms with Gasteiger partial charge in [0, 0.05) is 30.8 Å². The Kier molecular flexibility index (Phi) is 4.13. The Balaban J connectivity index is 2.15. The van der Waals surface area contributed by atoms with Gasteiger partial charge in [0.15, 0.2) is 0 Å². The number of hydrogen-bond donors (Lipinski definition) is 0. The zero-order valence-electron chi connectivity index (χ0n) is 10.5. The second-order valence-electron chi connectivity index (χ2n) is 5.24. The summed E-state index contributed by atoms with van der Waals surface area (Å²) in [7, 11) is 0. The average molecular weight is 301 g/mol. The summed E-state index contributed by atoms with van der Waals surface area (Å²) >= 11 is 3.63. The van der Waals surface area contributed by atoms with E-state index in [9.17, 15) is 4.79 Å². The third-order valence-electron chi connectivity index (χ3n) is 3.84. The highest BCUT2D eigenvalue weighted by atomic mass is 79.9. The van der Waals surface area contributed by atoms with Gasteiger partial charge >= 0.3 is 5.69 Å². The second-order valence-corrected chi connectivity index (χ2v) is 5.80. The van der Waals surface area contributed by atoms with Gasteiger partial charge in [-0.05, 0) is 24.7 Å². The third kappa shape index (κ3) is 2.67. The van der Waals surface area contributed by atoms with E-state index in [0.717, 1.165) is 24.8 Å². The number of halogens is 1. The van der Waals surface area contributed by atoms with Crippen LogP contribution in [-0.2, 0) is 13.1 Å². The van der Waals surface area contributed by atoms with Crippen molar-refractivity contribution in [2.24, 2.45) is 5.41 Å². The minimum atomic E-state index is 0.152. The molecule has 0 saturated heterocycles. The first-order chi connectivity index (χ1) is 8.21. The van der Waals surface area contributed by atoms with Crippen LogP contribution in [0.25, 0.3) is 0 Å². The molecule has 1 aliphatic carbocycles. The average Bonchev–Trinajstić information content (AvgIpc) is 2.92. The highest BCUT2D eigenvalue weighted by Gasteiger charge is 2.33. The van der Waals surface area contributed by atoms with E-state index in [4.69, 9.17) is 0 Å². The second kappa shape index (κ2) is 5.42. The van der Waals surface area contributed by atoms with Gasteiger partial charge in [0.1, 0.15) is 0 Å². The molecular formula is C13H21BrN2O. The topological polar surface area (TPSA) is 26.9 Å². The summed E-state index contributed by atoms with van der Waals surface area (Å²) in [6.45, 7) is 3.79. The molecule has 1 aliphatic rings. The van der Waals surface area contributed by atoms with Crippen LogP contribution in [0.15, 0.2) is 17.2 Å². The number of hydrogen-bond acceptors (Lipinski definition) is 1. The van der Waals surface area contributed by atoms with Gasteiger partial charge in [0.05, 0.1) is 0 Å². The van der Waals surface area contributed by atoms with Crippen molar-refractivity contribution >= 4 is 15.9 Å². The highest BCUT2D eigenvalue weighted by Crippen LogP contribution is 2.40. The molecule has 17 heavy (non-hydrogen) atoms. The molecule has 1 heterocycles.